The Morgan fingerprint density at radius 1 is 1.29 bits per heavy atom. The number of benzene rings is 1. The van der Waals surface area contributed by atoms with E-state index in [1.54, 1.807) is 0 Å². The molecule has 28 heavy (non-hydrogen) atoms. The molecule has 1 fully saturated rings. The first-order chi connectivity index (χ1) is 13.3. The molecule has 1 aliphatic heterocycles. The van der Waals surface area contributed by atoms with E-state index in [-0.39, 0.29) is 37.3 Å². The van der Waals surface area contributed by atoms with Crippen LogP contribution in [0.15, 0.2) is 41.8 Å². The average molecular weight is 414 g/mol. The Morgan fingerprint density at radius 2 is 2.04 bits per heavy atom. The molecule has 1 saturated heterocycles. The highest BCUT2D eigenvalue weighted by molar-refractivity contribution is 7.09. The van der Waals surface area contributed by atoms with Gasteiger partial charge in [0.1, 0.15) is 18.4 Å². The van der Waals surface area contributed by atoms with Gasteiger partial charge in [-0.05, 0) is 29.1 Å². The maximum absolute atomic E-state index is 12.6. The number of hydrogen-bond donors (Lipinski definition) is 1. The molecule has 0 bridgehead atoms. The first-order valence-corrected chi connectivity index (χ1v) is 9.22. The summed E-state index contributed by atoms with van der Waals surface area (Å²) in [4.78, 5) is 27.2. The highest BCUT2D eigenvalue weighted by atomic mass is 32.1. The Balaban J connectivity index is 1.58. The van der Waals surface area contributed by atoms with E-state index in [2.05, 4.69) is 10.1 Å². The molecule has 1 aliphatic rings. The van der Waals surface area contributed by atoms with Crippen LogP contribution in [0.25, 0.3) is 0 Å². The molecule has 3 rings (SSSR count). The number of morpholine rings is 1. The maximum Gasteiger partial charge on any atom is 0.573 e. The first kappa shape index (κ1) is 20.2. The van der Waals surface area contributed by atoms with Crippen molar-refractivity contribution in [3.63, 3.8) is 0 Å². The molecule has 0 aliphatic carbocycles. The fourth-order valence-electron chi connectivity index (χ4n) is 2.71. The first-order valence-electron chi connectivity index (χ1n) is 8.34. The quantitative estimate of drug-likeness (QED) is 0.789. The van der Waals surface area contributed by atoms with Crippen LogP contribution in [0.3, 0.4) is 0 Å². The molecule has 2 aromatic rings. The van der Waals surface area contributed by atoms with Crippen molar-refractivity contribution in [2.45, 2.75) is 25.5 Å². The van der Waals surface area contributed by atoms with Gasteiger partial charge in [-0.25, -0.2) is 0 Å². The lowest BCUT2D eigenvalue weighted by Gasteiger charge is -2.34. The van der Waals surface area contributed by atoms with Crippen molar-refractivity contribution in [1.29, 1.82) is 0 Å². The third-order valence-electron chi connectivity index (χ3n) is 4.03. The van der Waals surface area contributed by atoms with E-state index >= 15 is 0 Å². The summed E-state index contributed by atoms with van der Waals surface area (Å²) in [6.07, 6.45) is -4.75. The summed E-state index contributed by atoms with van der Waals surface area (Å²) in [5.41, 5.74) is 0.593. The average Bonchev–Trinajstić information content (AvgIpc) is 3.14. The van der Waals surface area contributed by atoms with Crippen molar-refractivity contribution >= 4 is 23.2 Å². The normalized spacial score (nSPS) is 17.5. The summed E-state index contributed by atoms with van der Waals surface area (Å²) in [5.74, 6) is -0.996. The Bertz CT molecular complexity index is 809. The van der Waals surface area contributed by atoms with Gasteiger partial charge in [0.25, 0.3) is 0 Å². The van der Waals surface area contributed by atoms with Gasteiger partial charge in [-0.2, -0.15) is 0 Å². The number of ether oxygens (including phenoxy) is 2. The predicted octanol–water partition coefficient (Wildman–Crippen LogP) is 2.69. The lowest BCUT2D eigenvalue weighted by Crippen LogP contribution is -2.55. The summed E-state index contributed by atoms with van der Waals surface area (Å²) in [6, 6.07) is 8.17. The topological polar surface area (TPSA) is 67.9 Å². The minimum Gasteiger partial charge on any atom is -0.406 e. The number of halogens is 3. The fourth-order valence-corrected chi connectivity index (χ4v) is 3.41. The van der Waals surface area contributed by atoms with E-state index in [1.165, 1.54) is 40.5 Å². The maximum atomic E-state index is 12.6. The van der Waals surface area contributed by atoms with E-state index in [9.17, 15) is 22.8 Å². The Morgan fingerprint density at radius 3 is 2.68 bits per heavy atom. The molecule has 10 heteroatoms. The van der Waals surface area contributed by atoms with E-state index in [0.717, 1.165) is 4.88 Å². The smallest absolute Gasteiger partial charge is 0.406 e. The van der Waals surface area contributed by atoms with Gasteiger partial charge in [0.05, 0.1) is 13.2 Å². The second-order valence-electron chi connectivity index (χ2n) is 6.04. The molecule has 6 nitrogen and oxygen atoms in total. The summed E-state index contributed by atoms with van der Waals surface area (Å²) in [6.45, 7) is 0.432. The highest BCUT2D eigenvalue weighted by Crippen LogP contribution is 2.23. The molecule has 0 spiro atoms. The largest absolute Gasteiger partial charge is 0.573 e. The Hall–Kier alpha value is -2.59. The van der Waals surface area contributed by atoms with Gasteiger partial charge in [-0.3, -0.25) is 9.59 Å². The van der Waals surface area contributed by atoms with Crippen LogP contribution in [-0.2, 0) is 27.4 Å². The van der Waals surface area contributed by atoms with Crippen molar-refractivity contribution in [2.24, 2.45) is 0 Å². The molecule has 1 N–H and O–H groups in total. The number of nitrogens with one attached hydrogen (secondary N) is 1. The third-order valence-corrected chi connectivity index (χ3v) is 4.89. The minimum atomic E-state index is -4.75. The molecular formula is C18H17F3N2O4S. The molecule has 2 amide bonds. The standard InChI is InChI=1S/C18H17F3N2O4S/c19-18(20,21)27-13-5-3-12(4-6-13)8-22-17(25)15-10-26-11-16(24)23(15)9-14-2-1-7-28-14/h1-7,15H,8-11H2,(H,22,25)/t15-/m0/s1. The zero-order chi connectivity index (χ0) is 20.1. The monoisotopic (exact) mass is 414 g/mol. The van der Waals surface area contributed by atoms with E-state index in [4.69, 9.17) is 4.74 Å². The van der Waals surface area contributed by atoms with Crippen LogP contribution < -0.4 is 10.1 Å². The number of alkyl halides is 3. The van der Waals surface area contributed by atoms with Gasteiger partial charge in [-0.15, -0.1) is 24.5 Å². The van der Waals surface area contributed by atoms with Crippen LogP contribution in [-0.4, -0.2) is 42.3 Å². The lowest BCUT2D eigenvalue weighted by molar-refractivity contribution is -0.274. The minimum absolute atomic E-state index is 0.0736. The summed E-state index contributed by atoms with van der Waals surface area (Å²) < 4.78 is 45.6. The second kappa shape index (κ2) is 8.61. The molecule has 0 saturated carbocycles. The number of rotatable bonds is 6. The summed E-state index contributed by atoms with van der Waals surface area (Å²) in [7, 11) is 0. The number of thiophene rings is 1. The van der Waals surface area contributed by atoms with Crippen molar-refractivity contribution in [1.82, 2.24) is 10.2 Å². The number of amides is 2. The van der Waals surface area contributed by atoms with Gasteiger partial charge < -0.3 is 19.7 Å². The van der Waals surface area contributed by atoms with E-state index in [0.29, 0.717) is 12.1 Å². The molecule has 0 radical (unpaired) electrons. The third kappa shape index (κ3) is 5.46. The molecule has 2 heterocycles. The lowest BCUT2D eigenvalue weighted by atomic mass is 10.1. The number of carbonyl (C=O) groups is 2. The van der Waals surface area contributed by atoms with Gasteiger partial charge in [0.2, 0.25) is 11.8 Å². The van der Waals surface area contributed by atoms with Gasteiger partial charge in [0, 0.05) is 11.4 Å². The molecule has 150 valence electrons. The van der Waals surface area contributed by atoms with Crippen molar-refractivity contribution in [3.8, 4) is 5.75 Å². The van der Waals surface area contributed by atoms with Crippen LogP contribution >= 0.6 is 11.3 Å². The Labute approximate surface area is 162 Å². The summed E-state index contributed by atoms with van der Waals surface area (Å²) >= 11 is 1.49. The summed E-state index contributed by atoms with van der Waals surface area (Å²) in [5, 5.41) is 4.58. The molecule has 0 unspecified atom stereocenters. The Kier molecular flexibility index (Phi) is 6.20. The predicted molar refractivity (Wildman–Crippen MR) is 94.4 cm³/mol. The van der Waals surface area contributed by atoms with Crippen LogP contribution in [0, 0.1) is 0 Å². The SMILES string of the molecule is O=C(NCc1ccc(OC(F)(F)F)cc1)[C@@H]1COCC(=O)N1Cc1cccs1. The van der Waals surface area contributed by atoms with E-state index < -0.39 is 12.4 Å². The molecular weight excluding hydrogens is 397 g/mol. The van der Waals surface area contributed by atoms with E-state index in [1.807, 2.05) is 17.5 Å². The second-order valence-corrected chi connectivity index (χ2v) is 7.07. The van der Waals surface area contributed by atoms with Crippen LogP contribution in [0.5, 0.6) is 5.75 Å². The van der Waals surface area contributed by atoms with Crippen molar-refractivity contribution in [3.05, 3.63) is 52.2 Å². The fraction of sp³-hybridized carbons (Fsp3) is 0.333. The van der Waals surface area contributed by atoms with Gasteiger partial charge >= 0.3 is 6.36 Å². The number of hydrogen-bond acceptors (Lipinski definition) is 5. The van der Waals surface area contributed by atoms with Crippen LogP contribution in [0.2, 0.25) is 0 Å². The molecule has 1 atom stereocenters. The zero-order valence-corrected chi connectivity index (χ0v) is 15.4. The van der Waals surface area contributed by atoms with Gasteiger partial charge in [-0.1, -0.05) is 18.2 Å². The van der Waals surface area contributed by atoms with Crippen LogP contribution in [0.1, 0.15) is 10.4 Å². The zero-order valence-electron chi connectivity index (χ0n) is 14.6. The number of carbonyl (C=O) groups excluding carboxylic acids is 2. The number of nitrogens with zero attached hydrogens (tertiary/aromatic N) is 1. The molecule has 1 aromatic carbocycles. The van der Waals surface area contributed by atoms with Crippen molar-refractivity contribution < 1.29 is 32.2 Å². The van der Waals surface area contributed by atoms with Crippen LogP contribution in [0.4, 0.5) is 13.2 Å². The van der Waals surface area contributed by atoms with Crippen molar-refractivity contribution in [2.75, 3.05) is 13.2 Å². The van der Waals surface area contributed by atoms with Gasteiger partial charge in [0.15, 0.2) is 0 Å². The highest BCUT2D eigenvalue weighted by Gasteiger charge is 2.34. The molecule has 1 aromatic heterocycles.